The number of hydrogen-bond donors (Lipinski definition) is 4. The standard InChI is InChI=1S/C32H44N8O9S/c1-17-25-24(18(2)41)29(43)39(25)26(31(45)49-30(44)19-6-8-21(9-7-19)40(46)47)27(17)50-22-12-23(37(5)14-22)28(42)38-11-10-20(13-38)35-15-48-16-36-32(33-3)34-4/h6-9,17-18,20,22-25,35,41H,10-16H2,1-5H3,(H2,33,34,36)/t17-,18-,20+,22+,23-,24-,25-/m1/s1. The van der Waals surface area contributed by atoms with Crippen LogP contribution in [0.25, 0.3) is 0 Å². The number of aliphatic hydroxyl groups excluding tert-OH is 1. The van der Waals surface area contributed by atoms with Gasteiger partial charge in [-0.2, -0.15) is 0 Å². The molecule has 2 amide bonds. The third-order valence-corrected chi connectivity index (χ3v) is 11.2. The van der Waals surface area contributed by atoms with E-state index in [1.165, 1.54) is 35.7 Å². The number of benzene rings is 1. The van der Waals surface area contributed by atoms with Gasteiger partial charge >= 0.3 is 11.9 Å². The normalized spacial score (nSPS) is 27.2. The molecule has 17 nitrogen and oxygen atoms in total. The Kier molecular flexibility index (Phi) is 11.8. The summed E-state index contributed by atoms with van der Waals surface area (Å²) in [6, 6.07) is 3.87. The van der Waals surface area contributed by atoms with Crippen molar-refractivity contribution in [2.75, 3.05) is 54.2 Å². The summed E-state index contributed by atoms with van der Waals surface area (Å²) in [6.45, 7) is 5.71. The molecule has 4 heterocycles. The van der Waals surface area contributed by atoms with Crippen molar-refractivity contribution in [3.63, 3.8) is 0 Å². The number of fused-ring (bicyclic) bond motifs is 1. The van der Waals surface area contributed by atoms with Gasteiger partial charge in [-0.15, -0.1) is 11.8 Å². The lowest BCUT2D eigenvalue weighted by atomic mass is 9.79. The van der Waals surface area contributed by atoms with Gasteiger partial charge in [-0.25, -0.2) is 9.59 Å². The SMILES string of the molecule is CN=C(NC)NCOCN[C@H]1CCN(C(=O)[C@H]2C[C@H](SC3=C(C(=O)OC(=O)c4ccc([N+](=O)[O-])cc4)N4C(=O)[C@H]([C@@H](C)O)[C@H]4[C@H]3C)CN2C)C1. The van der Waals surface area contributed by atoms with Crippen molar-refractivity contribution in [2.24, 2.45) is 16.8 Å². The molecule has 18 heteroatoms. The first-order valence-electron chi connectivity index (χ1n) is 16.5. The van der Waals surface area contributed by atoms with Gasteiger partial charge < -0.3 is 35.0 Å². The van der Waals surface area contributed by atoms with Crippen molar-refractivity contribution < 1.29 is 38.7 Å². The molecule has 4 N–H and O–H groups in total. The summed E-state index contributed by atoms with van der Waals surface area (Å²) in [5, 5.41) is 30.5. The molecule has 4 aliphatic rings. The van der Waals surface area contributed by atoms with Gasteiger partial charge in [0.2, 0.25) is 11.8 Å². The first-order chi connectivity index (χ1) is 23.9. The van der Waals surface area contributed by atoms with Crippen LogP contribution in [0.15, 0.2) is 39.9 Å². The topological polar surface area (TPSA) is 208 Å². The van der Waals surface area contributed by atoms with E-state index in [-0.39, 0.29) is 52.8 Å². The number of aliphatic hydroxyl groups is 1. The molecular formula is C32H44N8O9S. The van der Waals surface area contributed by atoms with Gasteiger partial charge in [0.25, 0.3) is 5.69 Å². The van der Waals surface area contributed by atoms with E-state index in [1.807, 2.05) is 23.8 Å². The summed E-state index contributed by atoms with van der Waals surface area (Å²) in [4.78, 5) is 73.5. The highest BCUT2D eigenvalue weighted by atomic mass is 32.2. The number of rotatable bonds is 12. The lowest BCUT2D eigenvalue weighted by molar-refractivity contribution is -0.384. The minimum Gasteiger partial charge on any atom is -0.393 e. The Morgan fingerprint density at radius 1 is 1.18 bits per heavy atom. The Bertz CT molecular complexity index is 1550. The second kappa shape index (κ2) is 15.8. The molecule has 1 aromatic rings. The number of thioether (sulfide) groups is 1. The first-order valence-corrected chi connectivity index (χ1v) is 17.4. The number of non-ortho nitro benzene ring substituents is 1. The number of esters is 2. The molecule has 5 rings (SSSR count). The third kappa shape index (κ3) is 7.63. The van der Waals surface area contributed by atoms with Crippen molar-refractivity contribution in [3.8, 4) is 0 Å². The number of β-lactam (4-membered cyclic amide) rings is 1. The maximum atomic E-state index is 13.7. The van der Waals surface area contributed by atoms with Crippen molar-refractivity contribution in [1.29, 1.82) is 0 Å². The van der Waals surface area contributed by atoms with E-state index < -0.39 is 40.8 Å². The largest absolute Gasteiger partial charge is 0.393 e. The highest BCUT2D eigenvalue weighted by Crippen LogP contribution is 2.52. The van der Waals surface area contributed by atoms with Crippen LogP contribution in [0.4, 0.5) is 5.69 Å². The number of nitro benzene ring substituents is 1. The molecule has 4 aliphatic heterocycles. The molecule has 3 saturated heterocycles. The minimum atomic E-state index is -1.02. The molecule has 0 bridgehead atoms. The highest BCUT2D eigenvalue weighted by molar-refractivity contribution is 8.03. The number of nitro groups is 1. The third-order valence-electron chi connectivity index (χ3n) is 9.67. The van der Waals surface area contributed by atoms with Crippen LogP contribution in [0.2, 0.25) is 0 Å². The molecule has 0 saturated carbocycles. The Hall–Kier alpha value is -4.10. The lowest BCUT2D eigenvalue weighted by Crippen LogP contribution is -2.63. The quantitative estimate of drug-likeness (QED) is 0.0260. The van der Waals surface area contributed by atoms with Crippen molar-refractivity contribution in [3.05, 3.63) is 50.5 Å². The summed E-state index contributed by atoms with van der Waals surface area (Å²) in [7, 11) is 5.31. The number of amides is 2. The molecule has 272 valence electrons. The fraction of sp³-hybridized carbons (Fsp3) is 0.594. The van der Waals surface area contributed by atoms with E-state index in [0.29, 0.717) is 43.7 Å². The molecule has 0 spiro atoms. The van der Waals surface area contributed by atoms with Crippen LogP contribution in [0.5, 0.6) is 0 Å². The van der Waals surface area contributed by atoms with Gasteiger partial charge in [0, 0.05) is 68.0 Å². The van der Waals surface area contributed by atoms with Crippen molar-refractivity contribution in [2.45, 2.75) is 56.2 Å². The van der Waals surface area contributed by atoms with E-state index in [9.17, 15) is 34.4 Å². The van der Waals surface area contributed by atoms with E-state index in [4.69, 9.17) is 9.47 Å². The maximum Gasteiger partial charge on any atom is 0.363 e. The fourth-order valence-corrected chi connectivity index (χ4v) is 8.65. The Morgan fingerprint density at radius 2 is 1.90 bits per heavy atom. The number of hydrogen-bond acceptors (Lipinski definition) is 13. The second-order valence-corrected chi connectivity index (χ2v) is 14.2. The van der Waals surface area contributed by atoms with Crippen LogP contribution in [0.3, 0.4) is 0 Å². The van der Waals surface area contributed by atoms with Gasteiger partial charge in [-0.05, 0) is 38.9 Å². The molecule has 0 aromatic heterocycles. The van der Waals surface area contributed by atoms with Gasteiger partial charge in [-0.3, -0.25) is 34.9 Å². The zero-order chi connectivity index (χ0) is 36.3. The Balaban J connectivity index is 1.22. The monoisotopic (exact) mass is 716 g/mol. The van der Waals surface area contributed by atoms with Crippen molar-refractivity contribution >= 4 is 47.2 Å². The number of ether oxygens (including phenoxy) is 2. The summed E-state index contributed by atoms with van der Waals surface area (Å²) < 4.78 is 10.8. The van der Waals surface area contributed by atoms with Crippen LogP contribution >= 0.6 is 11.8 Å². The number of carbonyl (C=O) groups excluding carboxylic acids is 4. The Morgan fingerprint density at radius 3 is 2.54 bits per heavy atom. The predicted octanol–water partition coefficient (Wildman–Crippen LogP) is 0.0701. The average Bonchev–Trinajstić information content (AvgIpc) is 3.77. The number of guanidine groups is 1. The van der Waals surface area contributed by atoms with Crippen LogP contribution in [0, 0.1) is 22.0 Å². The summed E-state index contributed by atoms with van der Waals surface area (Å²) in [5.41, 5.74) is -0.333. The molecule has 3 fully saturated rings. The molecule has 7 atom stereocenters. The van der Waals surface area contributed by atoms with Crippen LogP contribution in [-0.4, -0.2) is 138 Å². The molecule has 0 radical (unpaired) electrons. The molecule has 50 heavy (non-hydrogen) atoms. The first kappa shape index (κ1) is 37.2. The highest BCUT2D eigenvalue weighted by Gasteiger charge is 2.60. The number of nitrogens with zero attached hydrogens (tertiary/aromatic N) is 5. The van der Waals surface area contributed by atoms with Gasteiger partial charge in [0.05, 0.1) is 41.3 Å². The summed E-state index contributed by atoms with van der Waals surface area (Å²) in [5.74, 6) is -2.88. The van der Waals surface area contributed by atoms with E-state index >= 15 is 0 Å². The second-order valence-electron chi connectivity index (χ2n) is 12.8. The zero-order valence-corrected chi connectivity index (χ0v) is 29.5. The van der Waals surface area contributed by atoms with E-state index in [1.54, 1.807) is 14.1 Å². The minimum absolute atomic E-state index is 0.0234. The summed E-state index contributed by atoms with van der Waals surface area (Å²) >= 11 is 1.40. The predicted molar refractivity (Wildman–Crippen MR) is 182 cm³/mol. The van der Waals surface area contributed by atoms with E-state index in [0.717, 1.165) is 18.6 Å². The Labute approximate surface area is 293 Å². The van der Waals surface area contributed by atoms with E-state index in [2.05, 4.69) is 20.9 Å². The average molecular weight is 717 g/mol. The van der Waals surface area contributed by atoms with Gasteiger partial charge in [-0.1, -0.05) is 6.92 Å². The molecule has 0 unspecified atom stereocenters. The maximum absolute atomic E-state index is 13.7. The summed E-state index contributed by atoms with van der Waals surface area (Å²) in [6.07, 6.45) is 0.354. The van der Waals surface area contributed by atoms with Gasteiger partial charge in [0.15, 0.2) is 5.96 Å². The smallest absolute Gasteiger partial charge is 0.363 e. The molecule has 0 aliphatic carbocycles. The van der Waals surface area contributed by atoms with Crippen LogP contribution < -0.4 is 16.0 Å². The number of likely N-dealkylation sites (tertiary alicyclic amines) is 2. The number of nitrogens with one attached hydrogen (secondary N) is 3. The fourth-order valence-electron chi connectivity index (χ4n) is 7.05. The van der Waals surface area contributed by atoms with Gasteiger partial charge in [0.1, 0.15) is 12.4 Å². The number of likely N-dealkylation sites (N-methyl/N-ethyl adjacent to an activating group) is 1. The van der Waals surface area contributed by atoms with Crippen molar-refractivity contribution in [1.82, 2.24) is 30.7 Å². The van der Waals surface area contributed by atoms with Crippen LogP contribution in [0.1, 0.15) is 37.0 Å². The number of aliphatic imine (C=N–C) groups is 1. The number of carbonyl (C=O) groups is 4. The molecule has 1 aromatic carbocycles. The lowest BCUT2D eigenvalue weighted by Gasteiger charge is -2.46. The zero-order valence-electron chi connectivity index (χ0n) is 28.7. The molecular weight excluding hydrogens is 672 g/mol. The van der Waals surface area contributed by atoms with Crippen LogP contribution in [-0.2, 0) is 23.9 Å².